The topological polar surface area (TPSA) is 71.1 Å². The van der Waals surface area contributed by atoms with Gasteiger partial charge in [0, 0.05) is 11.5 Å². The Labute approximate surface area is 276 Å². The SMILES string of the molecule is C=C(C)[C@@H]1CCC(C)=C[C@H]1c1c(OC(=O)CO[Si](C)(C)C(C)(C)C)cc(CCCCC)cc1OC(=O)OC[Si](C)(C)C(C)(C)C. The average molecular weight is 659 g/mol. The second-order valence-corrected chi connectivity index (χ2v) is 26.7. The van der Waals surface area contributed by atoms with Crippen molar-refractivity contribution < 1.29 is 28.2 Å². The molecule has 1 aliphatic rings. The monoisotopic (exact) mass is 658 g/mol. The first-order valence-electron chi connectivity index (χ1n) is 16.8. The van der Waals surface area contributed by atoms with Crippen molar-refractivity contribution in [3.8, 4) is 11.5 Å². The molecule has 254 valence electrons. The molecule has 2 atom stereocenters. The Balaban J connectivity index is 2.62. The second-order valence-electron chi connectivity index (χ2n) is 16.3. The highest BCUT2D eigenvalue weighted by Gasteiger charge is 2.39. The van der Waals surface area contributed by atoms with E-state index in [2.05, 4.69) is 94.2 Å². The molecule has 0 unspecified atom stereocenters. The van der Waals surface area contributed by atoms with E-state index in [9.17, 15) is 9.59 Å². The van der Waals surface area contributed by atoms with Gasteiger partial charge in [-0.1, -0.05) is 98.2 Å². The van der Waals surface area contributed by atoms with Crippen LogP contribution in [0.5, 0.6) is 11.5 Å². The number of unbranched alkanes of at least 4 members (excludes halogenated alkanes) is 2. The van der Waals surface area contributed by atoms with Crippen LogP contribution in [0, 0.1) is 5.92 Å². The Morgan fingerprint density at radius 2 is 1.56 bits per heavy atom. The van der Waals surface area contributed by atoms with Crippen molar-refractivity contribution in [1.82, 2.24) is 0 Å². The lowest BCUT2D eigenvalue weighted by atomic mass is 9.73. The minimum atomic E-state index is -2.17. The molecule has 0 aliphatic heterocycles. The minimum absolute atomic E-state index is 0.0391. The highest BCUT2D eigenvalue weighted by atomic mass is 28.4. The fourth-order valence-electron chi connectivity index (χ4n) is 4.97. The summed E-state index contributed by atoms with van der Waals surface area (Å²) < 4.78 is 24.3. The normalized spacial score (nSPS) is 17.8. The predicted octanol–water partition coefficient (Wildman–Crippen LogP) is 10.9. The van der Waals surface area contributed by atoms with E-state index >= 15 is 0 Å². The van der Waals surface area contributed by atoms with Gasteiger partial charge in [-0.05, 0) is 86.3 Å². The molecule has 1 aliphatic carbocycles. The van der Waals surface area contributed by atoms with E-state index in [-0.39, 0.29) is 28.5 Å². The van der Waals surface area contributed by atoms with Crippen molar-refractivity contribution in [3.63, 3.8) is 0 Å². The maximum Gasteiger partial charge on any atom is 0.513 e. The molecule has 0 saturated carbocycles. The zero-order valence-electron chi connectivity index (χ0n) is 30.7. The van der Waals surface area contributed by atoms with Crippen molar-refractivity contribution >= 4 is 28.5 Å². The van der Waals surface area contributed by atoms with Crippen molar-refractivity contribution in [3.05, 3.63) is 47.1 Å². The fourth-order valence-corrected chi connectivity index (χ4v) is 6.79. The standard InChI is InChI=1S/C37H62O6Si2/c1-15-16-17-18-28-22-31(42-33(38)24-41-45(13,14)37(8,9)10)34(30-21-27(4)19-20-29(30)26(2)3)32(23-28)43-35(39)40-25-44(11,12)36(5,6)7/h21-23,29-30H,2,15-20,24-25H2,1,3-14H3/t29-,30+/m0/s1. The Hall–Kier alpha value is -2.17. The molecule has 8 heteroatoms. The molecule has 0 bridgehead atoms. The third-order valence-electron chi connectivity index (χ3n) is 10.3. The van der Waals surface area contributed by atoms with Gasteiger partial charge in [-0.25, -0.2) is 9.59 Å². The number of benzene rings is 1. The zero-order chi connectivity index (χ0) is 34.4. The van der Waals surface area contributed by atoms with Crippen LogP contribution in [0.15, 0.2) is 35.9 Å². The number of allylic oxidation sites excluding steroid dienone is 3. The summed E-state index contributed by atoms with van der Waals surface area (Å²) in [6.45, 7) is 32.2. The molecule has 0 saturated heterocycles. The van der Waals surface area contributed by atoms with E-state index in [1.165, 1.54) is 5.57 Å². The van der Waals surface area contributed by atoms with E-state index in [0.29, 0.717) is 23.3 Å². The number of hydrogen-bond acceptors (Lipinski definition) is 6. The first kappa shape index (κ1) is 39.0. The summed E-state index contributed by atoms with van der Waals surface area (Å²) in [6, 6.07) is 3.89. The van der Waals surface area contributed by atoms with Gasteiger partial charge < -0.3 is 18.6 Å². The Morgan fingerprint density at radius 1 is 0.956 bits per heavy atom. The summed E-state index contributed by atoms with van der Waals surface area (Å²) in [5.41, 5.74) is 3.93. The van der Waals surface area contributed by atoms with Gasteiger partial charge in [0.25, 0.3) is 0 Å². The van der Waals surface area contributed by atoms with Gasteiger partial charge in [0.1, 0.15) is 18.1 Å². The number of carbonyl (C=O) groups excluding carboxylic acids is 2. The minimum Gasteiger partial charge on any atom is -0.438 e. The first-order valence-corrected chi connectivity index (χ1v) is 22.9. The third-order valence-corrected chi connectivity index (χ3v) is 19.7. The van der Waals surface area contributed by atoms with Crippen LogP contribution in [-0.2, 0) is 20.4 Å². The molecule has 0 spiro atoms. The van der Waals surface area contributed by atoms with E-state index in [0.717, 1.165) is 49.7 Å². The van der Waals surface area contributed by atoms with Crippen LogP contribution in [-0.4, -0.2) is 41.4 Å². The van der Waals surface area contributed by atoms with Crippen molar-refractivity contribution in [1.29, 1.82) is 0 Å². The molecule has 1 aromatic carbocycles. The summed E-state index contributed by atoms with van der Waals surface area (Å²) in [4.78, 5) is 26.8. The number of hydrogen-bond donors (Lipinski definition) is 0. The molecule has 0 fully saturated rings. The Bertz CT molecular complexity index is 1170. The Kier molecular flexibility index (Phi) is 13.5. The quantitative estimate of drug-likeness (QED) is 0.0524. The lowest BCUT2D eigenvalue weighted by Crippen LogP contribution is -2.43. The van der Waals surface area contributed by atoms with Crippen LogP contribution in [0.2, 0.25) is 36.3 Å². The van der Waals surface area contributed by atoms with E-state index in [1.54, 1.807) is 0 Å². The molecule has 0 N–H and O–H groups in total. The predicted molar refractivity (Wildman–Crippen MR) is 192 cm³/mol. The van der Waals surface area contributed by atoms with E-state index in [1.807, 2.05) is 19.1 Å². The smallest absolute Gasteiger partial charge is 0.438 e. The van der Waals surface area contributed by atoms with Crippen LogP contribution in [0.1, 0.15) is 111 Å². The average Bonchev–Trinajstić information content (AvgIpc) is 2.89. The van der Waals surface area contributed by atoms with Gasteiger partial charge in [0.2, 0.25) is 0 Å². The number of carbonyl (C=O) groups is 2. The number of rotatable bonds is 13. The van der Waals surface area contributed by atoms with Crippen LogP contribution in [0.4, 0.5) is 4.79 Å². The number of ether oxygens (including phenoxy) is 3. The van der Waals surface area contributed by atoms with Gasteiger partial charge in [-0.15, -0.1) is 0 Å². The summed E-state index contributed by atoms with van der Waals surface area (Å²) in [5, 5.41) is 0.0210. The highest BCUT2D eigenvalue weighted by molar-refractivity contribution is 6.80. The molecule has 0 amide bonds. The van der Waals surface area contributed by atoms with Crippen molar-refractivity contribution in [2.24, 2.45) is 5.92 Å². The summed E-state index contributed by atoms with van der Waals surface area (Å²) in [7, 11) is -4.07. The van der Waals surface area contributed by atoms with Crippen LogP contribution in [0.25, 0.3) is 0 Å². The van der Waals surface area contributed by atoms with Gasteiger partial charge in [-0.3, -0.25) is 0 Å². The maximum absolute atomic E-state index is 13.4. The Morgan fingerprint density at radius 3 is 2.09 bits per heavy atom. The van der Waals surface area contributed by atoms with Crippen LogP contribution in [0.3, 0.4) is 0 Å². The van der Waals surface area contributed by atoms with Crippen molar-refractivity contribution in [2.75, 3.05) is 12.8 Å². The molecular weight excluding hydrogens is 597 g/mol. The largest absolute Gasteiger partial charge is 0.513 e. The molecule has 1 aromatic rings. The van der Waals surface area contributed by atoms with Gasteiger partial charge in [-0.2, -0.15) is 0 Å². The lowest BCUT2D eigenvalue weighted by Gasteiger charge is -2.36. The third kappa shape index (κ3) is 11.0. The van der Waals surface area contributed by atoms with Gasteiger partial charge >= 0.3 is 12.1 Å². The molecule has 45 heavy (non-hydrogen) atoms. The summed E-state index contributed by atoms with van der Waals surface area (Å²) in [6.07, 6.45) is 7.62. The van der Waals surface area contributed by atoms with E-state index < -0.39 is 28.5 Å². The lowest BCUT2D eigenvalue weighted by molar-refractivity contribution is -0.137. The number of esters is 1. The molecule has 6 nitrogen and oxygen atoms in total. The molecule has 0 radical (unpaired) electrons. The molecule has 0 heterocycles. The van der Waals surface area contributed by atoms with Gasteiger partial charge in [0.15, 0.2) is 8.32 Å². The second kappa shape index (κ2) is 15.6. The first-order chi connectivity index (χ1) is 20.6. The molecule has 2 rings (SSSR count). The van der Waals surface area contributed by atoms with Crippen LogP contribution < -0.4 is 9.47 Å². The number of aryl methyl sites for hydroxylation is 1. The fraction of sp³-hybridized carbons (Fsp3) is 0.676. The van der Waals surface area contributed by atoms with Crippen LogP contribution >= 0.6 is 0 Å². The van der Waals surface area contributed by atoms with Crippen molar-refractivity contribution in [2.45, 2.75) is 143 Å². The zero-order valence-corrected chi connectivity index (χ0v) is 32.7. The maximum atomic E-state index is 13.4. The molecular formula is C37H62O6Si2. The highest BCUT2D eigenvalue weighted by Crippen LogP contribution is 2.48. The molecule has 0 aromatic heterocycles. The summed E-state index contributed by atoms with van der Waals surface area (Å²) in [5.74, 6) is 0.280. The van der Waals surface area contributed by atoms with Gasteiger partial charge in [0.05, 0.1) is 14.3 Å². The van der Waals surface area contributed by atoms with E-state index in [4.69, 9.17) is 18.6 Å². The summed E-state index contributed by atoms with van der Waals surface area (Å²) >= 11 is 0.